The van der Waals surface area contributed by atoms with Crippen molar-refractivity contribution in [1.29, 1.82) is 0 Å². The van der Waals surface area contributed by atoms with Crippen LogP contribution in [0.5, 0.6) is 0 Å². The maximum atomic E-state index is 12.4. The van der Waals surface area contributed by atoms with E-state index in [4.69, 9.17) is 4.74 Å². The molecule has 1 fully saturated rings. The lowest BCUT2D eigenvalue weighted by Crippen LogP contribution is -2.60. The van der Waals surface area contributed by atoms with Crippen LogP contribution in [0.25, 0.3) is 0 Å². The Morgan fingerprint density at radius 2 is 1.85 bits per heavy atom. The third-order valence-corrected chi connectivity index (χ3v) is 3.29. The van der Waals surface area contributed by atoms with Crippen molar-refractivity contribution in [1.82, 2.24) is 10.6 Å². The number of rotatable bonds is 4. The van der Waals surface area contributed by atoms with Gasteiger partial charge in [0.05, 0.1) is 0 Å². The highest BCUT2D eigenvalue weighted by atomic mass is 16.6. The van der Waals surface area contributed by atoms with Crippen LogP contribution in [0.15, 0.2) is 12.7 Å². The average molecular weight is 282 g/mol. The molecule has 0 bridgehead atoms. The minimum Gasteiger partial charge on any atom is -0.444 e. The Labute approximate surface area is 121 Å². The van der Waals surface area contributed by atoms with E-state index in [0.29, 0.717) is 19.4 Å². The summed E-state index contributed by atoms with van der Waals surface area (Å²) in [5, 5.41) is 5.57. The molecule has 0 spiro atoms. The van der Waals surface area contributed by atoms with E-state index >= 15 is 0 Å². The van der Waals surface area contributed by atoms with Crippen molar-refractivity contribution in [2.45, 2.75) is 64.0 Å². The van der Waals surface area contributed by atoms with Gasteiger partial charge in [0.2, 0.25) is 5.91 Å². The highest BCUT2D eigenvalue weighted by molar-refractivity contribution is 5.90. The van der Waals surface area contributed by atoms with Crippen LogP contribution in [0.4, 0.5) is 4.79 Å². The lowest BCUT2D eigenvalue weighted by atomic mass is 9.81. The highest BCUT2D eigenvalue weighted by Crippen LogP contribution is 2.29. The molecule has 1 aliphatic rings. The van der Waals surface area contributed by atoms with Gasteiger partial charge in [-0.3, -0.25) is 4.79 Å². The molecule has 0 aromatic carbocycles. The molecule has 2 N–H and O–H groups in total. The monoisotopic (exact) mass is 282 g/mol. The smallest absolute Gasteiger partial charge is 0.408 e. The van der Waals surface area contributed by atoms with Gasteiger partial charge >= 0.3 is 6.09 Å². The molecule has 0 unspecified atom stereocenters. The van der Waals surface area contributed by atoms with Crippen LogP contribution < -0.4 is 10.6 Å². The van der Waals surface area contributed by atoms with E-state index in [2.05, 4.69) is 17.2 Å². The lowest BCUT2D eigenvalue weighted by Gasteiger charge is -2.36. The summed E-state index contributed by atoms with van der Waals surface area (Å²) < 4.78 is 5.27. The second-order valence-corrected chi connectivity index (χ2v) is 6.27. The van der Waals surface area contributed by atoms with Crippen molar-refractivity contribution in [2.24, 2.45) is 0 Å². The van der Waals surface area contributed by atoms with E-state index in [1.165, 1.54) is 0 Å². The van der Waals surface area contributed by atoms with Crippen molar-refractivity contribution in [3.63, 3.8) is 0 Å². The van der Waals surface area contributed by atoms with Crippen molar-refractivity contribution in [3.8, 4) is 0 Å². The van der Waals surface area contributed by atoms with Gasteiger partial charge < -0.3 is 15.4 Å². The number of alkyl carbamates (subject to hydrolysis) is 1. The first-order chi connectivity index (χ1) is 9.29. The standard InChI is InChI=1S/C15H26N2O3/c1-5-11-16-12(18)15(9-7-6-8-10-15)17-13(19)20-14(2,3)4/h5H,1,6-11H2,2-4H3,(H,16,18)(H,17,19). The average Bonchev–Trinajstić information content (AvgIpc) is 2.34. The van der Waals surface area contributed by atoms with Crippen LogP contribution in [-0.4, -0.2) is 29.7 Å². The molecule has 0 saturated heterocycles. The summed E-state index contributed by atoms with van der Waals surface area (Å²) in [4.78, 5) is 24.3. The molecular weight excluding hydrogens is 256 g/mol. The Morgan fingerprint density at radius 1 is 1.25 bits per heavy atom. The summed E-state index contributed by atoms with van der Waals surface area (Å²) in [6, 6.07) is 0. The Balaban J connectivity index is 2.75. The minimum atomic E-state index is -0.844. The van der Waals surface area contributed by atoms with Gasteiger partial charge in [0.15, 0.2) is 0 Å². The van der Waals surface area contributed by atoms with Crippen LogP contribution in [0.2, 0.25) is 0 Å². The van der Waals surface area contributed by atoms with Gasteiger partial charge in [-0.15, -0.1) is 6.58 Å². The van der Waals surface area contributed by atoms with E-state index < -0.39 is 17.2 Å². The van der Waals surface area contributed by atoms with Crippen LogP contribution >= 0.6 is 0 Å². The summed E-state index contributed by atoms with van der Waals surface area (Å²) >= 11 is 0. The first-order valence-electron chi connectivity index (χ1n) is 7.19. The minimum absolute atomic E-state index is 0.150. The summed E-state index contributed by atoms with van der Waals surface area (Å²) in [6.45, 7) is 9.39. The van der Waals surface area contributed by atoms with Crippen LogP contribution in [0.1, 0.15) is 52.9 Å². The van der Waals surface area contributed by atoms with Gasteiger partial charge in [-0.05, 0) is 33.6 Å². The zero-order chi connectivity index (χ0) is 15.2. The molecule has 5 heteroatoms. The predicted molar refractivity (Wildman–Crippen MR) is 78.4 cm³/mol. The van der Waals surface area contributed by atoms with E-state index in [0.717, 1.165) is 19.3 Å². The van der Waals surface area contributed by atoms with Gasteiger partial charge in [-0.1, -0.05) is 25.3 Å². The molecule has 114 valence electrons. The van der Waals surface area contributed by atoms with Crippen LogP contribution in [-0.2, 0) is 9.53 Å². The second-order valence-electron chi connectivity index (χ2n) is 6.27. The maximum absolute atomic E-state index is 12.4. The first-order valence-corrected chi connectivity index (χ1v) is 7.19. The summed E-state index contributed by atoms with van der Waals surface area (Å²) in [7, 11) is 0. The van der Waals surface area contributed by atoms with Crippen molar-refractivity contribution in [2.75, 3.05) is 6.54 Å². The molecule has 0 aromatic rings. The summed E-state index contributed by atoms with van der Waals surface area (Å²) in [5.74, 6) is -0.150. The van der Waals surface area contributed by atoms with Gasteiger partial charge in [-0.25, -0.2) is 4.79 Å². The number of hydrogen-bond donors (Lipinski definition) is 2. The fourth-order valence-corrected chi connectivity index (χ4v) is 2.40. The van der Waals surface area contributed by atoms with E-state index in [9.17, 15) is 9.59 Å². The zero-order valence-electron chi connectivity index (χ0n) is 12.8. The van der Waals surface area contributed by atoms with E-state index in [-0.39, 0.29) is 5.91 Å². The molecule has 0 aliphatic heterocycles. The largest absolute Gasteiger partial charge is 0.444 e. The molecule has 0 aromatic heterocycles. The molecule has 0 radical (unpaired) electrons. The normalized spacial score (nSPS) is 17.9. The molecule has 5 nitrogen and oxygen atoms in total. The topological polar surface area (TPSA) is 67.4 Å². The Kier molecular flexibility index (Phi) is 5.60. The summed E-state index contributed by atoms with van der Waals surface area (Å²) in [5.41, 5.74) is -1.42. The molecule has 1 aliphatic carbocycles. The molecule has 20 heavy (non-hydrogen) atoms. The fourth-order valence-electron chi connectivity index (χ4n) is 2.40. The predicted octanol–water partition coefficient (Wildman–Crippen LogP) is 2.52. The van der Waals surface area contributed by atoms with Crippen molar-refractivity contribution < 1.29 is 14.3 Å². The van der Waals surface area contributed by atoms with Gasteiger partial charge in [0, 0.05) is 6.54 Å². The number of carbonyl (C=O) groups excluding carboxylic acids is 2. The third-order valence-electron chi connectivity index (χ3n) is 3.29. The van der Waals surface area contributed by atoms with Crippen molar-refractivity contribution in [3.05, 3.63) is 12.7 Å². The molecule has 1 rings (SSSR count). The maximum Gasteiger partial charge on any atom is 0.408 e. The molecular formula is C15H26N2O3. The number of carbonyl (C=O) groups is 2. The molecule has 0 heterocycles. The number of amides is 2. The van der Waals surface area contributed by atoms with Gasteiger partial charge in [-0.2, -0.15) is 0 Å². The molecule has 1 saturated carbocycles. The summed E-state index contributed by atoms with van der Waals surface area (Å²) in [6.07, 6.45) is 5.33. The van der Waals surface area contributed by atoms with E-state index in [1.54, 1.807) is 26.8 Å². The fraction of sp³-hybridized carbons (Fsp3) is 0.733. The van der Waals surface area contributed by atoms with Crippen LogP contribution in [0, 0.1) is 0 Å². The Morgan fingerprint density at radius 3 is 2.35 bits per heavy atom. The van der Waals surface area contributed by atoms with Gasteiger partial charge in [0.25, 0.3) is 0 Å². The number of nitrogens with one attached hydrogen (secondary N) is 2. The van der Waals surface area contributed by atoms with Crippen LogP contribution in [0.3, 0.4) is 0 Å². The first kappa shape index (κ1) is 16.5. The molecule has 2 amide bonds. The number of hydrogen-bond acceptors (Lipinski definition) is 3. The molecule has 0 atom stereocenters. The highest BCUT2D eigenvalue weighted by Gasteiger charge is 2.41. The second kappa shape index (κ2) is 6.77. The Hall–Kier alpha value is -1.52. The quantitative estimate of drug-likeness (QED) is 0.779. The van der Waals surface area contributed by atoms with Crippen molar-refractivity contribution >= 4 is 12.0 Å². The lowest BCUT2D eigenvalue weighted by molar-refractivity contribution is -0.128. The third kappa shape index (κ3) is 4.87. The SMILES string of the molecule is C=CCNC(=O)C1(NC(=O)OC(C)(C)C)CCCCC1. The Bertz CT molecular complexity index is 366. The van der Waals surface area contributed by atoms with Gasteiger partial charge in [0.1, 0.15) is 11.1 Å². The zero-order valence-corrected chi connectivity index (χ0v) is 12.8. The van der Waals surface area contributed by atoms with E-state index in [1.807, 2.05) is 0 Å². The number of ether oxygens (including phenoxy) is 1.